The lowest BCUT2D eigenvalue weighted by Crippen LogP contribution is -1.98. The summed E-state index contributed by atoms with van der Waals surface area (Å²) in [4.78, 5) is 13.4. The number of halogens is 1. The summed E-state index contributed by atoms with van der Waals surface area (Å²) < 4.78 is 4.89. The Balaban J connectivity index is 3.05. The molecule has 0 radical (unpaired) electrons. The number of carbonyl (C=O) groups excluding carboxylic acids is 1. The summed E-state index contributed by atoms with van der Waals surface area (Å²) >= 11 is 5.72. The van der Waals surface area contributed by atoms with Crippen LogP contribution in [0.1, 0.15) is 12.5 Å². The highest BCUT2D eigenvalue weighted by Crippen LogP contribution is 2.19. The Morgan fingerprint density at radius 1 is 1.50 bits per heavy atom. The van der Waals surface area contributed by atoms with Gasteiger partial charge in [-0.15, -0.1) is 0 Å². The maximum atomic E-state index is 10.8. The van der Waals surface area contributed by atoms with Gasteiger partial charge in [-0.2, -0.15) is 0 Å². The van der Waals surface area contributed by atoms with Gasteiger partial charge in [-0.25, -0.2) is 0 Å². The monoisotopic (exact) mass is 237 g/mol. The summed E-state index contributed by atoms with van der Waals surface area (Å²) in [5.41, 5.74) is 8.80. The average Bonchev–Trinajstić information content (AvgIpc) is 2.25. The van der Waals surface area contributed by atoms with Crippen LogP contribution in [0.5, 0.6) is 0 Å². The number of azide groups is 1. The lowest BCUT2D eigenvalue weighted by molar-refractivity contribution is -0.134. The molecule has 0 aliphatic carbocycles. The number of carbonyl (C=O) groups is 1. The molecule has 6 heteroatoms. The molecule has 0 N–H and O–H groups in total. The molecule has 0 unspecified atom stereocenters. The minimum atomic E-state index is -0.491. The number of ether oxygens (including phenoxy) is 1. The highest BCUT2D eigenvalue weighted by Gasteiger charge is 2.04. The van der Waals surface area contributed by atoms with Gasteiger partial charge in [0.15, 0.2) is 0 Å². The molecular formula is C10H8ClN3O2. The van der Waals surface area contributed by atoms with Crippen LogP contribution in [-0.2, 0) is 9.53 Å². The maximum Gasteiger partial charge on any atom is 0.308 e. The van der Waals surface area contributed by atoms with Crippen LogP contribution in [0, 0.1) is 0 Å². The van der Waals surface area contributed by atoms with Gasteiger partial charge < -0.3 is 4.74 Å². The summed E-state index contributed by atoms with van der Waals surface area (Å²) in [6.45, 7) is 1.26. The molecule has 0 saturated heterocycles. The standard InChI is InChI=1S/C10H8ClN3O2/c1-7(15)16-10(6-13-14-12)8-2-4-9(11)5-3-8/h2-6H,1H3/b10-6-. The van der Waals surface area contributed by atoms with Gasteiger partial charge in [0.1, 0.15) is 5.76 Å². The van der Waals surface area contributed by atoms with Crippen LogP contribution in [0.2, 0.25) is 5.02 Å². The van der Waals surface area contributed by atoms with Crippen molar-refractivity contribution in [1.29, 1.82) is 0 Å². The predicted molar refractivity (Wildman–Crippen MR) is 60.3 cm³/mol. The molecule has 1 aromatic rings. The third-order valence-electron chi connectivity index (χ3n) is 1.61. The lowest BCUT2D eigenvalue weighted by atomic mass is 10.2. The molecule has 0 fully saturated rings. The molecule has 0 spiro atoms. The van der Waals surface area contributed by atoms with Gasteiger partial charge in [-0.05, 0) is 29.8 Å². The fourth-order valence-electron chi connectivity index (χ4n) is 1.01. The second-order valence-corrected chi connectivity index (χ2v) is 3.24. The van der Waals surface area contributed by atoms with Crippen molar-refractivity contribution in [1.82, 2.24) is 0 Å². The van der Waals surface area contributed by atoms with Crippen molar-refractivity contribution in [3.63, 3.8) is 0 Å². The predicted octanol–water partition coefficient (Wildman–Crippen LogP) is 3.51. The van der Waals surface area contributed by atoms with E-state index in [1.54, 1.807) is 24.3 Å². The molecule has 0 aromatic heterocycles. The fourth-order valence-corrected chi connectivity index (χ4v) is 1.13. The smallest absolute Gasteiger partial charge is 0.308 e. The summed E-state index contributed by atoms with van der Waals surface area (Å²) in [7, 11) is 0. The molecule has 0 saturated carbocycles. The van der Waals surface area contributed by atoms with Crippen LogP contribution in [0.25, 0.3) is 16.2 Å². The second kappa shape index (κ2) is 5.80. The summed E-state index contributed by atoms with van der Waals surface area (Å²) in [6, 6.07) is 6.60. The van der Waals surface area contributed by atoms with E-state index in [1.165, 1.54) is 6.92 Å². The van der Waals surface area contributed by atoms with Gasteiger partial charge in [0, 0.05) is 28.6 Å². The van der Waals surface area contributed by atoms with E-state index in [0.717, 1.165) is 6.20 Å². The van der Waals surface area contributed by atoms with Gasteiger partial charge in [-0.1, -0.05) is 16.7 Å². The van der Waals surface area contributed by atoms with Crippen molar-refractivity contribution in [3.05, 3.63) is 51.5 Å². The first-order valence-electron chi connectivity index (χ1n) is 4.32. The van der Waals surface area contributed by atoms with Gasteiger partial charge in [-0.3, -0.25) is 4.79 Å². The molecule has 16 heavy (non-hydrogen) atoms. The number of rotatable bonds is 3. The lowest BCUT2D eigenvalue weighted by Gasteiger charge is -2.05. The SMILES string of the molecule is CC(=O)O/C(=C\N=[N+]=[N-])c1ccc(Cl)cc1. The van der Waals surface area contributed by atoms with Crippen LogP contribution in [-0.4, -0.2) is 5.97 Å². The van der Waals surface area contributed by atoms with Gasteiger partial charge in [0.2, 0.25) is 0 Å². The first-order chi connectivity index (χ1) is 7.63. The molecule has 0 aliphatic heterocycles. The van der Waals surface area contributed by atoms with Crippen LogP contribution in [0.15, 0.2) is 35.6 Å². The highest BCUT2D eigenvalue weighted by molar-refractivity contribution is 6.30. The summed E-state index contributed by atoms with van der Waals surface area (Å²) in [5, 5.41) is 3.80. The number of hydrogen-bond acceptors (Lipinski definition) is 3. The molecule has 0 heterocycles. The van der Waals surface area contributed by atoms with Crippen molar-refractivity contribution >= 4 is 23.3 Å². The normalized spacial score (nSPS) is 10.5. The number of nitrogens with zero attached hydrogens (tertiary/aromatic N) is 3. The number of benzene rings is 1. The Kier molecular flexibility index (Phi) is 4.39. The Bertz CT molecular complexity index is 461. The minimum absolute atomic E-state index is 0.182. The van der Waals surface area contributed by atoms with E-state index in [-0.39, 0.29) is 5.76 Å². The average molecular weight is 238 g/mol. The largest absolute Gasteiger partial charge is 0.426 e. The first-order valence-corrected chi connectivity index (χ1v) is 4.70. The van der Waals surface area contributed by atoms with Gasteiger partial charge >= 0.3 is 5.97 Å². The third kappa shape index (κ3) is 3.65. The van der Waals surface area contributed by atoms with Crippen molar-refractivity contribution in [2.75, 3.05) is 0 Å². The molecule has 0 bridgehead atoms. The molecule has 1 rings (SSSR count). The van der Waals surface area contributed by atoms with Crippen molar-refractivity contribution < 1.29 is 9.53 Å². The molecule has 0 amide bonds. The van der Waals surface area contributed by atoms with E-state index >= 15 is 0 Å². The Hall–Kier alpha value is -1.97. The molecule has 82 valence electrons. The van der Waals surface area contributed by atoms with E-state index in [9.17, 15) is 4.79 Å². The van der Waals surface area contributed by atoms with Crippen LogP contribution in [0.4, 0.5) is 0 Å². The maximum absolute atomic E-state index is 10.8. The van der Waals surface area contributed by atoms with E-state index in [4.69, 9.17) is 21.9 Å². The quantitative estimate of drug-likeness (QED) is 0.265. The van der Waals surface area contributed by atoms with Gasteiger partial charge in [0.25, 0.3) is 0 Å². The van der Waals surface area contributed by atoms with Crippen LogP contribution in [0.3, 0.4) is 0 Å². The third-order valence-corrected chi connectivity index (χ3v) is 1.86. The van der Waals surface area contributed by atoms with E-state index in [1.807, 2.05) is 0 Å². The Morgan fingerprint density at radius 3 is 2.62 bits per heavy atom. The zero-order chi connectivity index (χ0) is 12.0. The van der Waals surface area contributed by atoms with E-state index < -0.39 is 5.97 Å². The first kappa shape index (κ1) is 12.1. The van der Waals surface area contributed by atoms with Crippen LogP contribution < -0.4 is 0 Å². The van der Waals surface area contributed by atoms with Crippen molar-refractivity contribution in [2.24, 2.45) is 5.11 Å². The molecule has 0 aliphatic rings. The van der Waals surface area contributed by atoms with Crippen LogP contribution >= 0.6 is 11.6 Å². The topological polar surface area (TPSA) is 75.1 Å². The Morgan fingerprint density at radius 2 is 2.12 bits per heavy atom. The zero-order valence-corrected chi connectivity index (χ0v) is 9.18. The molecule has 0 atom stereocenters. The van der Waals surface area contributed by atoms with E-state index in [0.29, 0.717) is 10.6 Å². The number of esters is 1. The Labute approximate surface area is 96.9 Å². The zero-order valence-electron chi connectivity index (χ0n) is 8.42. The summed E-state index contributed by atoms with van der Waals surface area (Å²) in [6.07, 6.45) is 1.13. The van der Waals surface area contributed by atoms with Crippen molar-refractivity contribution in [3.8, 4) is 0 Å². The van der Waals surface area contributed by atoms with E-state index in [2.05, 4.69) is 10.0 Å². The molecular weight excluding hydrogens is 230 g/mol. The molecule has 1 aromatic carbocycles. The molecule has 5 nitrogen and oxygen atoms in total. The van der Waals surface area contributed by atoms with Crippen molar-refractivity contribution in [2.45, 2.75) is 6.92 Å². The van der Waals surface area contributed by atoms with Gasteiger partial charge in [0.05, 0.1) is 0 Å². The second-order valence-electron chi connectivity index (χ2n) is 2.80. The summed E-state index contributed by atoms with van der Waals surface area (Å²) in [5.74, 6) is -0.309. The fraction of sp³-hybridized carbons (Fsp3) is 0.100. The number of hydrogen-bond donors (Lipinski definition) is 0. The highest BCUT2D eigenvalue weighted by atomic mass is 35.5. The minimum Gasteiger partial charge on any atom is -0.426 e.